The molecule has 0 saturated heterocycles. The highest BCUT2D eigenvalue weighted by Gasteiger charge is 2.47. The third-order valence-corrected chi connectivity index (χ3v) is 6.95. The molecule has 3 aliphatic carbocycles. The number of hydrogen-bond acceptors (Lipinski definition) is 5. The van der Waals surface area contributed by atoms with E-state index in [-0.39, 0.29) is 12.0 Å². The van der Waals surface area contributed by atoms with Crippen molar-refractivity contribution < 1.29 is 14.3 Å². The summed E-state index contributed by atoms with van der Waals surface area (Å²) >= 11 is 0. The van der Waals surface area contributed by atoms with Crippen LogP contribution in [0.15, 0.2) is 37.1 Å². The number of halogens is 1. The van der Waals surface area contributed by atoms with Crippen LogP contribution in [-0.2, 0) is 4.79 Å². The van der Waals surface area contributed by atoms with Crippen molar-refractivity contribution in [2.24, 2.45) is 17.8 Å². The highest BCUT2D eigenvalue weighted by atomic mass is 19.1. The van der Waals surface area contributed by atoms with Gasteiger partial charge in [0.15, 0.2) is 5.65 Å². The summed E-state index contributed by atoms with van der Waals surface area (Å²) in [6.45, 7) is 0. The van der Waals surface area contributed by atoms with E-state index in [1.54, 1.807) is 12.4 Å². The number of carboxylic acids is 1. The molecule has 3 N–H and O–H groups in total. The predicted molar refractivity (Wildman–Crippen MR) is 112 cm³/mol. The molecule has 3 aliphatic rings. The molecule has 31 heavy (non-hydrogen) atoms. The zero-order valence-electron chi connectivity index (χ0n) is 16.6. The fourth-order valence-corrected chi connectivity index (χ4v) is 5.54. The van der Waals surface area contributed by atoms with Crippen LogP contribution >= 0.6 is 0 Å². The Morgan fingerprint density at radius 2 is 2.03 bits per heavy atom. The second-order valence-electron chi connectivity index (χ2n) is 8.59. The minimum atomic E-state index is -0.742. The Bertz CT molecular complexity index is 1310. The Kier molecular flexibility index (Phi) is 3.99. The van der Waals surface area contributed by atoms with E-state index >= 15 is 0 Å². The quantitative estimate of drug-likeness (QED) is 0.464. The molecule has 8 nitrogen and oxygen atoms in total. The molecule has 3 fully saturated rings. The highest BCUT2D eigenvalue weighted by molar-refractivity contribution is 5.96. The molecule has 0 amide bonds. The van der Waals surface area contributed by atoms with Gasteiger partial charge in [0.25, 0.3) is 0 Å². The summed E-state index contributed by atoms with van der Waals surface area (Å²) < 4.78 is 15.7. The number of nitrogens with zero attached hydrogens (tertiary/aromatic N) is 4. The lowest BCUT2D eigenvalue weighted by Crippen LogP contribution is -2.51. The molecule has 4 heterocycles. The number of nitrogens with one attached hydrogen (secondary N) is 2. The summed E-state index contributed by atoms with van der Waals surface area (Å²) in [5.74, 6) is -0.468. The summed E-state index contributed by atoms with van der Waals surface area (Å²) in [6, 6.07) is 1.27. The topological polar surface area (TPSA) is 108 Å². The van der Waals surface area contributed by atoms with Gasteiger partial charge in [0.05, 0.1) is 18.3 Å². The van der Waals surface area contributed by atoms with E-state index in [1.807, 2.05) is 16.8 Å². The number of aromatic amines is 1. The summed E-state index contributed by atoms with van der Waals surface area (Å²) in [6.07, 6.45) is 12.3. The van der Waals surface area contributed by atoms with Crippen LogP contribution in [-0.4, -0.2) is 41.5 Å². The van der Waals surface area contributed by atoms with Crippen molar-refractivity contribution in [3.8, 4) is 11.3 Å². The number of anilines is 1. The molecule has 0 aromatic carbocycles. The number of carbonyl (C=O) groups is 1. The molecular formula is C22H21FN6O2. The molecule has 4 aromatic rings. The maximum absolute atomic E-state index is 13.9. The lowest BCUT2D eigenvalue weighted by molar-refractivity contribution is -0.148. The van der Waals surface area contributed by atoms with Gasteiger partial charge in [-0.2, -0.15) is 0 Å². The molecule has 9 heteroatoms. The lowest BCUT2D eigenvalue weighted by atomic mass is 9.61. The first-order valence-corrected chi connectivity index (χ1v) is 10.5. The maximum Gasteiger partial charge on any atom is 0.308 e. The Hall–Kier alpha value is -3.49. The van der Waals surface area contributed by atoms with Gasteiger partial charge >= 0.3 is 5.97 Å². The molecule has 158 valence electrons. The van der Waals surface area contributed by atoms with Crippen LogP contribution in [0.2, 0.25) is 0 Å². The number of aromatic nitrogens is 5. The van der Waals surface area contributed by atoms with E-state index < -0.39 is 17.7 Å². The number of aliphatic carboxylic acids is 1. The number of H-pyrrole nitrogens is 1. The third kappa shape index (κ3) is 2.87. The molecular weight excluding hydrogens is 399 g/mol. The fourth-order valence-electron chi connectivity index (χ4n) is 5.54. The van der Waals surface area contributed by atoms with E-state index in [9.17, 15) is 14.3 Å². The van der Waals surface area contributed by atoms with Crippen LogP contribution < -0.4 is 5.32 Å². The Balaban J connectivity index is 1.45. The number of rotatable bonds is 4. The first kappa shape index (κ1) is 18.3. The summed E-state index contributed by atoms with van der Waals surface area (Å²) in [5, 5.41) is 13.9. The predicted octanol–water partition coefficient (Wildman–Crippen LogP) is 3.71. The number of hydrogen-bond donors (Lipinski definition) is 3. The van der Waals surface area contributed by atoms with Crippen molar-refractivity contribution in [3.05, 3.63) is 42.9 Å². The van der Waals surface area contributed by atoms with Crippen LogP contribution in [0, 0.1) is 23.6 Å². The number of pyridine rings is 1. The van der Waals surface area contributed by atoms with Crippen LogP contribution in [0.1, 0.15) is 25.7 Å². The number of carboxylic acid groups (broad SMARTS) is 1. The number of fused-ring (bicyclic) bond motifs is 5. The average molecular weight is 420 g/mol. The first-order valence-electron chi connectivity index (χ1n) is 10.5. The lowest BCUT2D eigenvalue weighted by Gasteiger charge is -2.47. The zero-order valence-corrected chi connectivity index (χ0v) is 16.6. The maximum atomic E-state index is 13.9. The van der Waals surface area contributed by atoms with Gasteiger partial charge in [0.2, 0.25) is 0 Å². The molecule has 1 unspecified atom stereocenters. The average Bonchev–Trinajstić information content (AvgIpc) is 3.40. The minimum Gasteiger partial charge on any atom is -0.481 e. The largest absolute Gasteiger partial charge is 0.481 e. The summed E-state index contributed by atoms with van der Waals surface area (Å²) in [4.78, 5) is 28.4. The summed E-state index contributed by atoms with van der Waals surface area (Å²) in [5.41, 5.74) is 2.48. The van der Waals surface area contributed by atoms with E-state index in [0.717, 1.165) is 25.7 Å². The SMILES string of the molecule is O=C(O)[C@@H]1C(Nc2cn3ccnc3c(-c3c[nH]c4ncc(F)cc34)n2)[C@H]2CC[C@@H]1CC2. The molecule has 0 aliphatic heterocycles. The van der Waals surface area contributed by atoms with E-state index in [0.29, 0.717) is 39.7 Å². The van der Waals surface area contributed by atoms with Crippen molar-refractivity contribution >= 4 is 28.5 Å². The minimum absolute atomic E-state index is 0.159. The van der Waals surface area contributed by atoms with Crippen LogP contribution in [0.3, 0.4) is 0 Å². The van der Waals surface area contributed by atoms with Gasteiger partial charge in [0, 0.05) is 35.6 Å². The normalized spacial score (nSPS) is 25.3. The smallest absolute Gasteiger partial charge is 0.308 e. The van der Waals surface area contributed by atoms with Gasteiger partial charge in [-0.1, -0.05) is 0 Å². The molecule has 7 rings (SSSR count). The van der Waals surface area contributed by atoms with Gasteiger partial charge < -0.3 is 19.8 Å². The zero-order chi connectivity index (χ0) is 21.1. The number of imidazole rings is 1. The molecule has 2 bridgehead atoms. The molecule has 2 atom stereocenters. The fraction of sp³-hybridized carbons (Fsp3) is 0.364. The van der Waals surface area contributed by atoms with Crippen molar-refractivity contribution in [2.45, 2.75) is 31.7 Å². The molecule has 3 saturated carbocycles. The van der Waals surface area contributed by atoms with Gasteiger partial charge in [0.1, 0.15) is 23.0 Å². The van der Waals surface area contributed by atoms with Crippen LogP contribution in [0.5, 0.6) is 0 Å². The summed E-state index contributed by atoms with van der Waals surface area (Å²) in [7, 11) is 0. The molecule has 0 radical (unpaired) electrons. The highest BCUT2D eigenvalue weighted by Crippen LogP contribution is 2.46. The van der Waals surface area contributed by atoms with Crippen molar-refractivity contribution in [1.82, 2.24) is 24.3 Å². The van der Waals surface area contributed by atoms with Crippen LogP contribution in [0.4, 0.5) is 10.2 Å². The first-order chi connectivity index (χ1) is 15.1. The van der Waals surface area contributed by atoms with Gasteiger partial charge in [-0.05, 0) is 43.6 Å². The standard InChI is InChI=1S/C22H21FN6O2/c23-13-7-14-15(9-26-20(14)25-8-13)19-21-24-5-6-29(21)10-16(28-19)27-18-12-3-1-11(2-4-12)17(18)22(30)31/h5-12,17-18,27H,1-4H2,(H,25,26)(H,30,31)/t11-,12+,17-,18?/m0/s1. The van der Waals surface area contributed by atoms with Crippen molar-refractivity contribution in [1.29, 1.82) is 0 Å². The Morgan fingerprint density at radius 3 is 2.84 bits per heavy atom. The second kappa shape index (κ2) is 6.76. The van der Waals surface area contributed by atoms with Gasteiger partial charge in [-0.3, -0.25) is 4.79 Å². The molecule has 4 aromatic heterocycles. The molecule has 0 spiro atoms. The van der Waals surface area contributed by atoms with Gasteiger partial charge in [-0.25, -0.2) is 19.3 Å². The monoisotopic (exact) mass is 420 g/mol. The van der Waals surface area contributed by atoms with Gasteiger partial charge in [-0.15, -0.1) is 0 Å². The van der Waals surface area contributed by atoms with E-state index in [2.05, 4.69) is 20.3 Å². The second-order valence-corrected chi connectivity index (χ2v) is 8.59. The van der Waals surface area contributed by atoms with Crippen LogP contribution in [0.25, 0.3) is 27.9 Å². The van der Waals surface area contributed by atoms with E-state index in [1.165, 1.54) is 12.3 Å². The van der Waals surface area contributed by atoms with E-state index in [4.69, 9.17) is 4.98 Å². The third-order valence-electron chi connectivity index (χ3n) is 6.95. The Labute approximate surface area is 176 Å². The van der Waals surface area contributed by atoms with Crippen molar-refractivity contribution in [2.75, 3.05) is 5.32 Å². The van der Waals surface area contributed by atoms with Crippen molar-refractivity contribution in [3.63, 3.8) is 0 Å². The Morgan fingerprint density at radius 1 is 1.23 bits per heavy atom.